The molecule has 2 N–H and O–H groups in total. The first kappa shape index (κ1) is 23.2. The van der Waals surface area contributed by atoms with E-state index in [9.17, 15) is 9.65 Å². The molecule has 3 aromatic rings. The fraction of sp³-hybridized carbons (Fsp3) is 0.500. The summed E-state index contributed by atoms with van der Waals surface area (Å²) >= 11 is 0. The first-order valence-electron chi connectivity index (χ1n) is 12.5. The predicted molar refractivity (Wildman–Crippen MR) is 135 cm³/mol. The summed E-state index contributed by atoms with van der Waals surface area (Å²) in [5.74, 6) is 1.04. The monoisotopic (exact) mass is 490 g/mol. The summed E-state index contributed by atoms with van der Waals surface area (Å²) in [6.45, 7) is 9.87. The summed E-state index contributed by atoms with van der Waals surface area (Å²) in [7, 11) is 0. The van der Waals surface area contributed by atoms with Crippen LogP contribution in [0.2, 0.25) is 0 Å². The van der Waals surface area contributed by atoms with Crippen LogP contribution in [-0.2, 0) is 4.74 Å². The maximum Gasteiger partial charge on any atom is 0.171 e. The van der Waals surface area contributed by atoms with Gasteiger partial charge >= 0.3 is 0 Å². The number of pyridine rings is 2. The molecule has 3 aliphatic rings. The van der Waals surface area contributed by atoms with E-state index in [0.717, 1.165) is 44.2 Å². The molecule has 3 aliphatic heterocycles. The van der Waals surface area contributed by atoms with Crippen LogP contribution < -0.4 is 15.5 Å². The van der Waals surface area contributed by atoms with Gasteiger partial charge in [0.05, 0.1) is 24.1 Å². The van der Waals surface area contributed by atoms with Crippen LogP contribution in [0, 0.1) is 17.1 Å². The zero-order chi connectivity index (χ0) is 25.0. The van der Waals surface area contributed by atoms with Crippen molar-refractivity contribution in [1.82, 2.24) is 19.5 Å². The SMILES string of the molecule is CC1CN(c2ccc(C#N)n3ncc(F)c23)CC(CN2CC(c3ccc(N4CC(C)(N)C4)nc3)C2)O1. The van der Waals surface area contributed by atoms with Crippen LogP contribution in [0.4, 0.5) is 15.9 Å². The Kier molecular flexibility index (Phi) is 5.59. The maximum atomic E-state index is 14.6. The molecule has 0 bridgehead atoms. The number of fused-ring (bicyclic) bond motifs is 1. The molecule has 0 radical (unpaired) electrons. The van der Waals surface area contributed by atoms with Crippen molar-refractivity contribution in [2.24, 2.45) is 5.73 Å². The number of hydrogen-bond acceptors (Lipinski definition) is 8. The highest BCUT2D eigenvalue weighted by Crippen LogP contribution is 2.32. The minimum absolute atomic E-state index is 0.00821. The second-order valence-electron chi connectivity index (χ2n) is 10.8. The third-order valence-electron chi connectivity index (χ3n) is 7.47. The summed E-state index contributed by atoms with van der Waals surface area (Å²) in [6.07, 6.45) is 3.19. The largest absolute Gasteiger partial charge is 0.370 e. The van der Waals surface area contributed by atoms with Crippen LogP contribution in [-0.4, -0.2) is 83.1 Å². The molecular formula is C26H31FN8O. The number of halogens is 1. The van der Waals surface area contributed by atoms with Crippen LogP contribution >= 0.6 is 0 Å². The third-order valence-corrected chi connectivity index (χ3v) is 7.47. The van der Waals surface area contributed by atoms with Gasteiger partial charge in [-0.25, -0.2) is 13.9 Å². The second kappa shape index (κ2) is 8.69. The van der Waals surface area contributed by atoms with Gasteiger partial charge in [-0.2, -0.15) is 10.4 Å². The number of nitriles is 1. The topological polar surface area (TPSA) is 99.0 Å². The normalized spacial score (nSPS) is 24.4. The van der Waals surface area contributed by atoms with Crippen LogP contribution in [0.1, 0.15) is 31.0 Å². The van der Waals surface area contributed by atoms with Crippen molar-refractivity contribution in [1.29, 1.82) is 5.26 Å². The highest BCUT2D eigenvalue weighted by atomic mass is 19.1. The van der Waals surface area contributed by atoms with Gasteiger partial charge in [-0.3, -0.25) is 4.90 Å². The van der Waals surface area contributed by atoms with E-state index in [1.54, 1.807) is 6.07 Å². The lowest BCUT2D eigenvalue weighted by Crippen LogP contribution is -2.65. The molecule has 0 aromatic carbocycles. The van der Waals surface area contributed by atoms with E-state index in [-0.39, 0.29) is 17.7 Å². The van der Waals surface area contributed by atoms with Crippen molar-refractivity contribution < 1.29 is 9.13 Å². The molecule has 3 fully saturated rings. The number of morpholine rings is 1. The summed E-state index contributed by atoms with van der Waals surface area (Å²) in [6, 6.07) is 9.88. The lowest BCUT2D eigenvalue weighted by Gasteiger charge is -2.46. The molecule has 0 aliphatic carbocycles. The van der Waals surface area contributed by atoms with Gasteiger partial charge in [0.25, 0.3) is 0 Å². The van der Waals surface area contributed by atoms with Crippen LogP contribution in [0.25, 0.3) is 5.52 Å². The summed E-state index contributed by atoms with van der Waals surface area (Å²) in [5, 5.41) is 13.4. The quantitative estimate of drug-likeness (QED) is 0.580. The summed E-state index contributed by atoms with van der Waals surface area (Å²) in [5.41, 5.74) is 8.67. The molecule has 0 spiro atoms. The Hall–Kier alpha value is -3.26. The van der Waals surface area contributed by atoms with E-state index in [0.29, 0.717) is 30.2 Å². The minimum Gasteiger partial charge on any atom is -0.370 e. The summed E-state index contributed by atoms with van der Waals surface area (Å²) in [4.78, 5) is 11.4. The fourth-order valence-electron chi connectivity index (χ4n) is 5.76. The molecule has 2 unspecified atom stereocenters. The zero-order valence-electron chi connectivity index (χ0n) is 20.6. The van der Waals surface area contributed by atoms with Crippen molar-refractivity contribution in [2.45, 2.75) is 37.5 Å². The van der Waals surface area contributed by atoms with Crippen molar-refractivity contribution >= 4 is 17.0 Å². The van der Waals surface area contributed by atoms with E-state index < -0.39 is 5.82 Å². The molecule has 3 aromatic heterocycles. The number of anilines is 2. The lowest BCUT2D eigenvalue weighted by atomic mass is 9.91. The Balaban J connectivity index is 1.08. The third kappa shape index (κ3) is 4.17. The van der Waals surface area contributed by atoms with Gasteiger partial charge in [-0.15, -0.1) is 0 Å². The highest BCUT2D eigenvalue weighted by Gasteiger charge is 2.37. The number of aromatic nitrogens is 3. The van der Waals surface area contributed by atoms with Gasteiger partial charge in [0.1, 0.15) is 23.1 Å². The summed E-state index contributed by atoms with van der Waals surface area (Å²) < 4.78 is 22.2. The Morgan fingerprint density at radius 2 is 1.94 bits per heavy atom. The average Bonchev–Trinajstić information content (AvgIpc) is 3.20. The predicted octanol–water partition coefficient (Wildman–Crippen LogP) is 1.97. The lowest BCUT2D eigenvalue weighted by molar-refractivity contribution is -0.0435. The van der Waals surface area contributed by atoms with Gasteiger partial charge in [-0.05, 0) is 37.6 Å². The van der Waals surface area contributed by atoms with Crippen molar-refractivity contribution in [2.75, 3.05) is 55.6 Å². The molecule has 6 rings (SSSR count). The smallest absolute Gasteiger partial charge is 0.171 e. The van der Waals surface area contributed by atoms with Gasteiger partial charge < -0.3 is 20.3 Å². The number of likely N-dealkylation sites (tertiary alicyclic amines) is 1. The number of rotatable bonds is 5. The Morgan fingerprint density at radius 3 is 2.64 bits per heavy atom. The molecule has 36 heavy (non-hydrogen) atoms. The molecule has 0 amide bonds. The molecule has 0 saturated carbocycles. The fourth-order valence-corrected chi connectivity index (χ4v) is 5.76. The van der Waals surface area contributed by atoms with Crippen LogP contribution in [0.15, 0.2) is 36.7 Å². The average molecular weight is 491 g/mol. The Bertz CT molecular complexity index is 1300. The highest BCUT2D eigenvalue weighted by molar-refractivity contribution is 5.74. The van der Waals surface area contributed by atoms with E-state index in [4.69, 9.17) is 10.5 Å². The number of nitrogens with two attached hydrogens (primary N) is 1. The minimum atomic E-state index is -0.422. The maximum absolute atomic E-state index is 14.6. The van der Waals surface area contributed by atoms with Crippen molar-refractivity contribution in [3.8, 4) is 6.07 Å². The van der Waals surface area contributed by atoms with E-state index in [1.165, 1.54) is 16.3 Å². The number of ether oxygens (including phenoxy) is 1. The molecule has 2 atom stereocenters. The molecule has 6 heterocycles. The molecule has 3 saturated heterocycles. The van der Waals surface area contributed by atoms with Gasteiger partial charge in [0.2, 0.25) is 0 Å². The number of hydrogen-bond donors (Lipinski definition) is 1. The zero-order valence-corrected chi connectivity index (χ0v) is 20.6. The standard InChI is InChI=1S/C26H31FN8O/c1-17-10-33(23-5-4-20(7-28)35-25(23)22(27)9-31-35)14-21(36-17)13-32-11-19(12-32)18-3-6-24(30-8-18)34-15-26(2,29)16-34/h3-6,8-9,17,19,21H,10-16,29H2,1-2H3. The molecule has 10 heteroatoms. The van der Waals surface area contributed by atoms with Crippen LogP contribution in [0.3, 0.4) is 0 Å². The van der Waals surface area contributed by atoms with Gasteiger partial charge in [0.15, 0.2) is 5.82 Å². The second-order valence-corrected chi connectivity index (χ2v) is 10.8. The van der Waals surface area contributed by atoms with Crippen molar-refractivity contribution in [3.05, 3.63) is 53.7 Å². The Morgan fingerprint density at radius 1 is 1.14 bits per heavy atom. The van der Waals surface area contributed by atoms with E-state index >= 15 is 0 Å². The Labute approximate surface area is 209 Å². The molecule has 9 nitrogen and oxygen atoms in total. The van der Waals surface area contributed by atoms with E-state index in [2.05, 4.69) is 49.9 Å². The molecule has 188 valence electrons. The van der Waals surface area contributed by atoms with Crippen LogP contribution in [0.5, 0.6) is 0 Å². The first-order chi connectivity index (χ1) is 17.3. The number of nitrogens with zero attached hydrogens (tertiary/aromatic N) is 7. The van der Waals surface area contributed by atoms with Gasteiger partial charge in [-0.1, -0.05) is 6.07 Å². The van der Waals surface area contributed by atoms with E-state index in [1.807, 2.05) is 19.2 Å². The first-order valence-corrected chi connectivity index (χ1v) is 12.5. The van der Waals surface area contributed by atoms with Gasteiger partial charge in [0, 0.05) is 63.5 Å². The van der Waals surface area contributed by atoms with Crippen molar-refractivity contribution in [3.63, 3.8) is 0 Å². The molecular weight excluding hydrogens is 459 g/mol.